The number of piperazine rings is 1. The highest BCUT2D eigenvalue weighted by molar-refractivity contribution is 9.10. The Kier molecular flexibility index (Phi) is 3.76. The van der Waals surface area contributed by atoms with Gasteiger partial charge in [0, 0.05) is 36.8 Å². The van der Waals surface area contributed by atoms with Crippen LogP contribution in [0.15, 0.2) is 16.7 Å². The molecule has 0 bridgehead atoms. The van der Waals surface area contributed by atoms with E-state index >= 15 is 0 Å². The van der Waals surface area contributed by atoms with Crippen molar-refractivity contribution in [3.63, 3.8) is 0 Å². The first-order valence-corrected chi connectivity index (χ1v) is 7.58. The second-order valence-corrected chi connectivity index (χ2v) is 6.43. The Hall–Kier alpha value is -0.900. The summed E-state index contributed by atoms with van der Waals surface area (Å²) >= 11 is 3.25. The van der Waals surface area contributed by atoms with Crippen molar-refractivity contribution >= 4 is 32.0 Å². The van der Waals surface area contributed by atoms with Gasteiger partial charge >= 0.3 is 0 Å². The average Bonchev–Trinajstić information content (AvgIpc) is 2.74. The smallest absolute Gasteiger partial charge is 0.277 e. The van der Waals surface area contributed by atoms with E-state index in [-0.39, 0.29) is 19.0 Å². The lowest BCUT2D eigenvalue weighted by Gasteiger charge is -2.32. The summed E-state index contributed by atoms with van der Waals surface area (Å²) in [5.74, 6) is -0.144. The van der Waals surface area contributed by atoms with Gasteiger partial charge in [-0.1, -0.05) is 0 Å². The number of H-pyrrole nitrogens is 1. The average molecular weight is 337 g/mol. The zero-order chi connectivity index (χ0) is 13.3. The molecule has 100 valence electrons. The zero-order valence-electron chi connectivity index (χ0n) is 9.47. The molecule has 1 amide bonds. The minimum absolute atomic E-state index is 0.144. The zero-order valence-corrected chi connectivity index (χ0v) is 11.9. The molecule has 1 aromatic rings. The number of nitrogens with zero attached hydrogens (tertiary/aromatic N) is 2. The van der Waals surface area contributed by atoms with E-state index in [2.05, 4.69) is 20.9 Å². The van der Waals surface area contributed by atoms with Crippen molar-refractivity contribution < 1.29 is 13.2 Å². The van der Waals surface area contributed by atoms with Gasteiger partial charge in [0.2, 0.25) is 0 Å². The third kappa shape index (κ3) is 2.91. The molecule has 2 rings (SSSR count). The monoisotopic (exact) mass is 336 g/mol. The Morgan fingerprint density at radius 1 is 1.33 bits per heavy atom. The summed E-state index contributed by atoms with van der Waals surface area (Å²) in [6.45, 7) is 1.14. The molecule has 0 aromatic carbocycles. The van der Waals surface area contributed by atoms with Crippen molar-refractivity contribution in [1.29, 1.82) is 0 Å². The number of halogens is 1. The summed E-state index contributed by atoms with van der Waals surface area (Å²) in [4.78, 5) is 16.5. The second kappa shape index (κ2) is 5.00. The molecule has 0 saturated carbocycles. The first kappa shape index (κ1) is 13.5. The predicted octanol–water partition coefficient (Wildman–Crippen LogP) is -0.261. The number of nitrogens with two attached hydrogens (primary N) is 1. The van der Waals surface area contributed by atoms with Crippen molar-refractivity contribution in [3.05, 3.63) is 22.4 Å². The van der Waals surface area contributed by atoms with Crippen LogP contribution in [0.1, 0.15) is 10.5 Å². The lowest BCUT2D eigenvalue weighted by atomic mass is 10.3. The van der Waals surface area contributed by atoms with Gasteiger partial charge in [0.25, 0.3) is 16.1 Å². The summed E-state index contributed by atoms with van der Waals surface area (Å²) in [7, 11) is -3.66. The van der Waals surface area contributed by atoms with Crippen molar-refractivity contribution in [2.24, 2.45) is 5.14 Å². The highest BCUT2D eigenvalue weighted by atomic mass is 79.9. The molecular weight excluding hydrogens is 324 g/mol. The van der Waals surface area contributed by atoms with Gasteiger partial charge < -0.3 is 9.88 Å². The summed E-state index contributed by atoms with van der Waals surface area (Å²) < 4.78 is 24.2. The number of amides is 1. The number of hydrogen-bond donors (Lipinski definition) is 2. The number of carbonyl (C=O) groups is 1. The molecular formula is C9H13BrN4O3S. The number of rotatable bonds is 2. The molecule has 2 heterocycles. The molecule has 18 heavy (non-hydrogen) atoms. The Morgan fingerprint density at radius 3 is 2.39 bits per heavy atom. The van der Waals surface area contributed by atoms with Crippen LogP contribution in [0.4, 0.5) is 0 Å². The molecule has 3 N–H and O–H groups in total. The maximum Gasteiger partial charge on any atom is 0.277 e. The summed E-state index contributed by atoms with van der Waals surface area (Å²) in [5, 5.41) is 5.03. The first-order chi connectivity index (χ1) is 8.38. The number of nitrogens with one attached hydrogen (secondary N) is 1. The molecule has 1 saturated heterocycles. The molecule has 0 unspecified atom stereocenters. The normalized spacial score (nSPS) is 18.0. The number of hydrogen-bond acceptors (Lipinski definition) is 3. The van der Waals surface area contributed by atoms with Crippen LogP contribution >= 0.6 is 15.9 Å². The van der Waals surface area contributed by atoms with Crippen molar-refractivity contribution in [2.75, 3.05) is 26.2 Å². The molecule has 0 atom stereocenters. The fourth-order valence-electron chi connectivity index (χ4n) is 1.81. The molecule has 0 aliphatic carbocycles. The van der Waals surface area contributed by atoms with E-state index in [9.17, 15) is 13.2 Å². The van der Waals surface area contributed by atoms with Gasteiger partial charge in [0.05, 0.1) is 0 Å². The van der Waals surface area contributed by atoms with Crippen LogP contribution in [0.2, 0.25) is 0 Å². The first-order valence-electron chi connectivity index (χ1n) is 5.29. The maximum absolute atomic E-state index is 12.0. The fourth-order valence-corrected chi connectivity index (χ4v) is 2.82. The number of aromatic nitrogens is 1. The third-order valence-corrected chi connectivity index (χ3v) is 4.31. The van der Waals surface area contributed by atoms with Crippen LogP contribution in [0.3, 0.4) is 0 Å². The molecule has 7 nitrogen and oxygen atoms in total. The Bertz CT molecular complexity index is 548. The molecule has 0 radical (unpaired) electrons. The summed E-state index contributed by atoms with van der Waals surface area (Å²) in [6, 6.07) is 1.69. The molecule has 1 fully saturated rings. The van der Waals surface area contributed by atoms with Crippen LogP contribution in [0.5, 0.6) is 0 Å². The maximum atomic E-state index is 12.0. The van der Waals surface area contributed by atoms with E-state index in [0.717, 1.165) is 4.47 Å². The SMILES string of the molecule is NS(=O)(=O)N1CCN(C(=O)c2cc(Br)c[nH]2)CC1. The van der Waals surface area contributed by atoms with Gasteiger partial charge in [-0.25, -0.2) is 5.14 Å². The molecule has 1 aliphatic rings. The molecule has 1 aromatic heterocycles. The van der Waals surface area contributed by atoms with Gasteiger partial charge in [0.15, 0.2) is 0 Å². The molecule has 9 heteroatoms. The van der Waals surface area contributed by atoms with Gasteiger partial charge in [-0.05, 0) is 22.0 Å². The topological polar surface area (TPSA) is 99.5 Å². The highest BCUT2D eigenvalue weighted by Gasteiger charge is 2.27. The van der Waals surface area contributed by atoms with E-state index in [1.54, 1.807) is 17.2 Å². The standard InChI is InChI=1S/C9H13BrN4O3S/c10-7-5-8(12-6-7)9(15)13-1-3-14(4-2-13)18(11,16)17/h5-6,12H,1-4H2,(H2,11,16,17). The van der Waals surface area contributed by atoms with E-state index < -0.39 is 10.2 Å². The largest absolute Gasteiger partial charge is 0.356 e. The Balaban J connectivity index is 2.00. The van der Waals surface area contributed by atoms with Crippen LogP contribution in [0, 0.1) is 0 Å². The summed E-state index contributed by atoms with van der Waals surface area (Å²) in [5.41, 5.74) is 0.478. The van der Waals surface area contributed by atoms with Gasteiger partial charge in [-0.2, -0.15) is 12.7 Å². The van der Waals surface area contributed by atoms with Crippen molar-refractivity contribution in [3.8, 4) is 0 Å². The van der Waals surface area contributed by atoms with Crippen molar-refractivity contribution in [2.45, 2.75) is 0 Å². The lowest BCUT2D eigenvalue weighted by Crippen LogP contribution is -2.52. The Morgan fingerprint density at radius 2 is 1.94 bits per heavy atom. The van der Waals surface area contributed by atoms with Crippen LogP contribution in [-0.4, -0.2) is 54.7 Å². The molecule has 1 aliphatic heterocycles. The lowest BCUT2D eigenvalue weighted by molar-refractivity contribution is 0.0692. The minimum atomic E-state index is -3.66. The van der Waals surface area contributed by atoms with Crippen LogP contribution in [-0.2, 0) is 10.2 Å². The van der Waals surface area contributed by atoms with E-state index in [1.807, 2.05) is 0 Å². The minimum Gasteiger partial charge on any atom is -0.356 e. The number of aromatic amines is 1. The third-order valence-electron chi connectivity index (χ3n) is 2.76. The quantitative estimate of drug-likeness (QED) is 0.778. The van der Waals surface area contributed by atoms with Crippen LogP contribution < -0.4 is 5.14 Å². The second-order valence-electron chi connectivity index (χ2n) is 3.97. The van der Waals surface area contributed by atoms with E-state index in [1.165, 1.54) is 4.31 Å². The van der Waals surface area contributed by atoms with Gasteiger partial charge in [-0.15, -0.1) is 0 Å². The Labute approximate surface area is 113 Å². The summed E-state index contributed by atoms with van der Waals surface area (Å²) in [6.07, 6.45) is 1.67. The molecule has 0 spiro atoms. The number of carbonyl (C=O) groups excluding carboxylic acids is 1. The predicted molar refractivity (Wildman–Crippen MR) is 69.1 cm³/mol. The van der Waals surface area contributed by atoms with Crippen LogP contribution in [0.25, 0.3) is 0 Å². The van der Waals surface area contributed by atoms with Gasteiger partial charge in [-0.3, -0.25) is 4.79 Å². The van der Waals surface area contributed by atoms with E-state index in [0.29, 0.717) is 18.8 Å². The van der Waals surface area contributed by atoms with Crippen molar-refractivity contribution in [1.82, 2.24) is 14.2 Å². The van der Waals surface area contributed by atoms with E-state index in [4.69, 9.17) is 5.14 Å². The highest BCUT2D eigenvalue weighted by Crippen LogP contribution is 2.14. The van der Waals surface area contributed by atoms with Gasteiger partial charge in [0.1, 0.15) is 5.69 Å². The fraction of sp³-hybridized carbons (Fsp3) is 0.444.